The minimum absolute atomic E-state index is 0.151. The molecule has 0 aliphatic carbocycles. The van der Waals surface area contributed by atoms with Crippen LogP contribution in [0, 0.1) is 3.57 Å². The second-order valence-electron chi connectivity index (χ2n) is 4.09. The Morgan fingerprint density at radius 3 is 2.94 bits per heavy atom. The first kappa shape index (κ1) is 11.9. The number of piperazine rings is 1. The van der Waals surface area contributed by atoms with Gasteiger partial charge in [0, 0.05) is 29.2 Å². The number of halogens is 1. The predicted octanol–water partition coefficient (Wildman–Crippen LogP) is 1.73. The number of hydrogen-bond donors (Lipinski definition) is 1. The number of nitrogens with one attached hydrogen (secondary N) is 1. The van der Waals surface area contributed by atoms with Crippen molar-refractivity contribution in [2.75, 3.05) is 19.6 Å². The van der Waals surface area contributed by atoms with E-state index in [-0.39, 0.29) is 5.91 Å². The Bertz CT molecular complexity index is 394. The number of amides is 1. The maximum atomic E-state index is 12.3. The van der Waals surface area contributed by atoms with Gasteiger partial charge in [0.1, 0.15) is 0 Å². The third-order valence-electron chi connectivity index (χ3n) is 2.76. The molecule has 1 aromatic rings. The van der Waals surface area contributed by atoms with Crippen LogP contribution in [0.5, 0.6) is 0 Å². The van der Waals surface area contributed by atoms with Gasteiger partial charge in [0.05, 0.1) is 5.56 Å². The van der Waals surface area contributed by atoms with E-state index in [0.29, 0.717) is 6.04 Å². The van der Waals surface area contributed by atoms with Gasteiger partial charge in [-0.2, -0.15) is 0 Å². The van der Waals surface area contributed by atoms with Crippen LogP contribution in [0.15, 0.2) is 24.3 Å². The second kappa shape index (κ2) is 5.14. The monoisotopic (exact) mass is 330 g/mol. The topological polar surface area (TPSA) is 32.3 Å². The molecule has 0 spiro atoms. The summed E-state index contributed by atoms with van der Waals surface area (Å²) in [4.78, 5) is 14.2. The Balaban J connectivity index is 2.16. The Morgan fingerprint density at radius 2 is 2.25 bits per heavy atom. The third-order valence-corrected chi connectivity index (χ3v) is 3.70. The van der Waals surface area contributed by atoms with E-state index in [2.05, 4.69) is 34.8 Å². The van der Waals surface area contributed by atoms with Crippen molar-refractivity contribution < 1.29 is 4.79 Å². The van der Waals surface area contributed by atoms with Crippen LogP contribution >= 0.6 is 22.6 Å². The second-order valence-corrected chi connectivity index (χ2v) is 5.25. The molecule has 1 heterocycles. The highest BCUT2D eigenvalue weighted by Gasteiger charge is 2.22. The number of nitrogens with zero attached hydrogens (tertiary/aromatic N) is 1. The minimum atomic E-state index is 0.151. The van der Waals surface area contributed by atoms with Crippen molar-refractivity contribution in [2.24, 2.45) is 0 Å². The van der Waals surface area contributed by atoms with E-state index in [1.165, 1.54) is 0 Å². The number of carbonyl (C=O) groups excluding carboxylic acids is 1. The molecular formula is C12H15IN2O. The summed E-state index contributed by atoms with van der Waals surface area (Å²) in [5.74, 6) is 0.151. The zero-order chi connectivity index (χ0) is 11.5. The maximum Gasteiger partial charge on any atom is 0.255 e. The normalized spacial score (nSPS) is 20.9. The quantitative estimate of drug-likeness (QED) is 0.796. The molecule has 0 bridgehead atoms. The van der Waals surface area contributed by atoms with Gasteiger partial charge in [0.15, 0.2) is 0 Å². The van der Waals surface area contributed by atoms with E-state index in [1.54, 1.807) is 0 Å². The van der Waals surface area contributed by atoms with Crippen molar-refractivity contribution in [3.05, 3.63) is 33.4 Å². The van der Waals surface area contributed by atoms with E-state index in [0.717, 1.165) is 28.8 Å². The van der Waals surface area contributed by atoms with Crippen molar-refractivity contribution in [3.63, 3.8) is 0 Å². The smallest absolute Gasteiger partial charge is 0.255 e. The lowest BCUT2D eigenvalue weighted by Crippen LogP contribution is -2.51. The van der Waals surface area contributed by atoms with E-state index in [1.807, 2.05) is 29.2 Å². The van der Waals surface area contributed by atoms with Crippen molar-refractivity contribution in [1.29, 1.82) is 0 Å². The molecule has 1 aliphatic heterocycles. The molecule has 0 aromatic heterocycles. The first-order chi connectivity index (χ1) is 7.68. The SMILES string of the molecule is CC1CN(C(=O)c2ccccc2I)CCN1. The number of hydrogen-bond acceptors (Lipinski definition) is 2. The van der Waals surface area contributed by atoms with Crippen LogP contribution in [0.2, 0.25) is 0 Å². The summed E-state index contributed by atoms with van der Waals surface area (Å²) in [6, 6.07) is 8.13. The molecule has 1 N–H and O–H groups in total. The molecule has 1 amide bonds. The number of carbonyl (C=O) groups is 1. The summed E-state index contributed by atoms with van der Waals surface area (Å²) < 4.78 is 1.02. The largest absolute Gasteiger partial charge is 0.336 e. The third kappa shape index (κ3) is 2.55. The fraction of sp³-hybridized carbons (Fsp3) is 0.417. The number of benzene rings is 1. The molecule has 1 saturated heterocycles. The molecule has 0 radical (unpaired) electrons. The zero-order valence-electron chi connectivity index (χ0n) is 9.24. The summed E-state index contributed by atoms with van der Waals surface area (Å²) in [7, 11) is 0. The molecule has 2 rings (SSSR count). The summed E-state index contributed by atoms with van der Waals surface area (Å²) in [5, 5.41) is 3.34. The van der Waals surface area contributed by atoms with Gasteiger partial charge < -0.3 is 10.2 Å². The highest BCUT2D eigenvalue weighted by molar-refractivity contribution is 14.1. The summed E-state index contributed by atoms with van der Waals surface area (Å²) >= 11 is 2.21. The van der Waals surface area contributed by atoms with Crippen LogP contribution in [0.3, 0.4) is 0 Å². The van der Waals surface area contributed by atoms with Crippen molar-refractivity contribution in [2.45, 2.75) is 13.0 Å². The van der Waals surface area contributed by atoms with Gasteiger partial charge in [0.25, 0.3) is 5.91 Å². The van der Waals surface area contributed by atoms with Gasteiger partial charge >= 0.3 is 0 Å². The summed E-state index contributed by atoms with van der Waals surface area (Å²) in [5.41, 5.74) is 0.817. The average molecular weight is 330 g/mol. The number of rotatable bonds is 1. The van der Waals surface area contributed by atoms with E-state index in [9.17, 15) is 4.79 Å². The van der Waals surface area contributed by atoms with Crippen LogP contribution in [-0.4, -0.2) is 36.5 Å². The van der Waals surface area contributed by atoms with Crippen molar-refractivity contribution in [1.82, 2.24) is 10.2 Å². The van der Waals surface area contributed by atoms with Gasteiger partial charge in [-0.15, -0.1) is 0 Å². The van der Waals surface area contributed by atoms with Crippen LogP contribution in [0.1, 0.15) is 17.3 Å². The molecule has 1 atom stereocenters. The first-order valence-corrected chi connectivity index (χ1v) is 6.53. The molecule has 1 aliphatic rings. The molecule has 1 unspecified atom stereocenters. The van der Waals surface area contributed by atoms with Gasteiger partial charge in [0.2, 0.25) is 0 Å². The van der Waals surface area contributed by atoms with Crippen LogP contribution in [0.4, 0.5) is 0 Å². The minimum Gasteiger partial charge on any atom is -0.336 e. The Hall–Kier alpha value is -0.620. The fourth-order valence-electron chi connectivity index (χ4n) is 1.92. The van der Waals surface area contributed by atoms with Crippen LogP contribution in [0.25, 0.3) is 0 Å². The Morgan fingerprint density at radius 1 is 1.50 bits per heavy atom. The van der Waals surface area contributed by atoms with E-state index >= 15 is 0 Å². The van der Waals surface area contributed by atoms with Crippen LogP contribution in [-0.2, 0) is 0 Å². The average Bonchev–Trinajstić information content (AvgIpc) is 2.29. The fourth-order valence-corrected chi connectivity index (χ4v) is 2.54. The molecular weight excluding hydrogens is 315 g/mol. The van der Waals surface area contributed by atoms with Crippen LogP contribution < -0.4 is 5.32 Å². The highest BCUT2D eigenvalue weighted by Crippen LogP contribution is 2.15. The summed E-state index contributed by atoms with van der Waals surface area (Å²) in [6.45, 7) is 4.59. The van der Waals surface area contributed by atoms with E-state index < -0.39 is 0 Å². The molecule has 3 nitrogen and oxygen atoms in total. The predicted molar refractivity (Wildman–Crippen MR) is 72.5 cm³/mol. The van der Waals surface area contributed by atoms with E-state index in [4.69, 9.17) is 0 Å². The van der Waals surface area contributed by atoms with Gasteiger partial charge in [-0.3, -0.25) is 4.79 Å². The maximum absolute atomic E-state index is 12.3. The molecule has 1 fully saturated rings. The van der Waals surface area contributed by atoms with Crippen molar-refractivity contribution in [3.8, 4) is 0 Å². The van der Waals surface area contributed by atoms with Gasteiger partial charge in [-0.25, -0.2) is 0 Å². The Labute approximate surface area is 109 Å². The lowest BCUT2D eigenvalue weighted by molar-refractivity contribution is 0.0708. The molecule has 16 heavy (non-hydrogen) atoms. The first-order valence-electron chi connectivity index (χ1n) is 5.45. The zero-order valence-corrected chi connectivity index (χ0v) is 11.4. The lowest BCUT2D eigenvalue weighted by Gasteiger charge is -2.32. The molecule has 0 saturated carbocycles. The highest BCUT2D eigenvalue weighted by atomic mass is 127. The van der Waals surface area contributed by atoms with Crippen molar-refractivity contribution >= 4 is 28.5 Å². The standard InChI is InChI=1S/C12H15IN2O/c1-9-8-15(7-6-14-9)12(16)10-4-2-3-5-11(10)13/h2-5,9,14H,6-8H2,1H3. The lowest BCUT2D eigenvalue weighted by atomic mass is 10.1. The molecule has 1 aromatic carbocycles. The van der Waals surface area contributed by atoms with Gasteiger partial charge in [-0.1, -0.05) is 12.1 Å². The molecule has 4 heteroatoms. The Kier molecular flexibility index (Phi) is 3.81. The summed E-state index contributed by atoms with van der Waals surface area (Å²) in [6.07, 6.45) is 0. The van der Waals surface area contributed by atoms with Gasteiger partial charge in [-0.05, 0) is 41.6 Å². The molecule has 86 valence electrons.